The summed E-state index contributed by atoms with van der Waals surface area (Å²) in [7, 11) is 2.77. The number of aromatic amines is 1. The minimum atomic E-state index is -1.83. The number of nitrogens with two attached hydrogens (primary N) is 4. The molecule has 0 unspecified atom stereocenters. The van der Waals surface area contributed by atoms with Crippen LogP contribution in [0.1, 0.15) is 166 Å². The standard InChI is InChI=1S/C90H128N20O21/c1-7-9-23-69-82(123)99-62(39-50(3)4)78(119)95-36-17-21-58(93)77(118)101-64(40-51-28-30-54(111)31-29-51)88(129)108-37-16-15-26-70(108)83(124)103-66(44-74(94)113)89(130)109-38-18-27-71(109)84(125)104-67(45-92)81(122)98-61(32-33-75(114)115)87(128)110-48-55(112)43-73(110)85(126)100-63(41-52-46-96-59-22-13-11-19-56(52)59)80(121)97-60(34-35-91)79(120)102-65(86(127)106(6)72(24-10-8-2)90(131)105(69)5)42-53-47-107(49-76(116)117)68-25-14-12-20-57(53)68/h11-14,19-20,22,25,28-31,46-47,50,55,58,60-67,69-73,96,111-112H,7-10,15-18,21,23-24,26-27,32-45,48-49,91-93H2,1-6H3,(H2,94,113)(H,95,119)(H,97,121)(H,98,122)(H,99,123)(H,100,126)(H,101,118)(H,102,120)(H,103,124)(H,104,125)(H,114,115)(H,116,117)/t55-,58+,60+,61+,62+,63+,64+,65+,66+,67+,69+,70+,71+,72+,73+/m1/s1. The number of rotatable bonds is 24. The number of primary amides is 1. The molecule has 0 aliphatic carbocycles. The summed E-state index contributed by atoms with van der Waals surface area (Å²) in [6.07, 6.45) is 0.767. The van der Waals surface area contributed by atoms with Crippen LogP contribution in [-0.4, -0.2) is 299 Å². The number of carbonyl (C=O) groups is 17. The van der Waals surface area contributed by atoms with E-state index in [9.17, 15) is 63.6 Å². The molecule has 5 aromatic rings. The molecule has 714 valence electrons. The topological polar surface area (TPSA) is 620 Å². The quantitative estimate of drug-likeness (QED) is 0.0335. The number of phenolic OH excluding ortho intramolecular Hbond substituents is 1. The van der Waals surface area contributed by atoms with Gasteiger partial charge in [0.25, 0.3) is 0 Å². The van der Waals surface area contributed by atoms with Gasteiger partial charge in [-0.2, -0.15) is 0 Å². The number of aromatic nitrogens is 2. The molecule has 0 radical (unpaired) electrons. The number of carboxylic acid groups (broad SMARTS) is 2. The number of carbonyl (C=O) groups excluding carboxylic acids is 15. The summed E-state index contributed by atoms with van der Waals surface area (Å²) in [4.78, 5) is 257. The molecule has 0 bridgehead atoms. The lowest BCUT2D eigenvalue weighted by atomic mass is 9.97. The lowest BCUT2D eigenvalue weighted by molar-refractivity contribution is -0.149. The number of aliphatic carboxylic acids is 2. The Labute approximate surface area is 758 Å². The van der Waals surface area contributed by atoms with Gasteiger partial charge in [-0.3, -0.25) is 81.5 Å². The molecule has 4 aliphatic heterocycles. The van der Waals surface area contributed by atoms with E-state index in [2.05, 4.69) is 52.8 Å². The molecular weight excluding hydrogens is 1700 g/mol. The van der Waals surface area contributed by atoms with Gasteiger partial charge in [0.05, 0.1) is 18.6 Å². The maximum atomic E-state index is 15.9. The number of phenols is 1. The normalized spacial score (nSPS) is 25.8. The predicted molar refractivity (Wildman–Crippen MR) is 478 cm³/mol. The van der Waals surface area contributed by atoms with Crippen molar-refractivity contribution in [2.24, 2.45) is 28.9 Å². The highest BCUT2D eigenvalue weighted by molar-refractivity contribution is 6.02. The number of amides is 15. The number of likely N-dealkylation sites (N-methyl/N-ethyl adjacent to an activating group) is 2. The van der Waals surface area contributed by atoms with Gasteiger partial charge in [-0.25, -0.2) is 0 Å². The Balaban J connectivity index is 1.09. The van der Waals surface area contributed by atoms with Crippen LogP contribution >= 0.6 is 0 Å². The SMILES string of the molecule is CCCC[C@H]1C(=O)N(C)[C@@H](CCCC)C(=O)N[C@@H](CC(C)C)C(=O)NCCC[C@H](N)C(=O)N[C@@H](Cc2ccc(O)cc2)C(=O)N2CCCC[C@H]2C(=O)N[C@@H](CC(N)=O)C(=O)N2CCC[C@H]2C(=O)N[C@@H](CN)C(=O)N[C@@H](CCC(=O)O)C(=O)N2C[C@H](O)C[C@H]2C(=O)N[C@@H](Cc2c[nH]c3ccccc23)C(=O)N[C@@H](CCN)C(=O)N[C@@H](Cc2cn(CC(=O)O)c3ccccc23)C(=O)N1C. The lowest BCUT2D eigenvalue weighted by Crippen LogP contribution is -2.62. The first-order valence-electron chi connectivity index (χ1n) is 45.1. The Morgan fingerprint density at radius 2 is 1.05 bits per heavy atom. The van der Waals surface area contributed by atoms with E-state index < -0.39 is 237 Å². The molecule has 15 amide bonds. The fourth-order valence-electron chi connectivity index (χ4n) is 17.5. The number of hydrogen-bond donors (Lipinski definition) is 18. The number of para-hydroxylation sites is 2. The van der Waals surface area contributed by atoms with Crippen molar-refractivity contribution in [2.75, 3.05) is 53.4 Å². The minimum Gasteiger partial charge on any atom is -0.508 e. The number of benzene rings is 3. The van der Waals surface area contributed by atoms with Gasteiger partial charge in [-0.15, -0.1) is 0 Å². The van der Waals surface area contributed by atoms with Crippen molar-refractivity contribution in [1.29, 1.82) is 0 Å². The summed E-state index contributed by atoms with van der Waals surface area (Å²) in [6, 6.07) is -1.68. The third-order valence-electron chi connectivity index (χ3n) is 24.5. The maximum absolute atomic E-state index is 15.9. The highest BCUT2D eigenvalue weighted by atomic mass is 16.4. The number of aromatic hydroxyl groups is 1. The van der Waals surface area contributed by atoms with Gasteiger partial charge in [0.15, 0.2) is 0 Å². The van der Waals surface area contributed by atoms with E-state index in [1.54, 1.807) is 54.7 Å². The maximum Gasteiger partial charge on any atom is 0.323 e. The number of piperidine rings is 1. The van der Waals surface area contributed by atoms with Gasteiger partial charge in [0.2, 0.25) is 88.6 Å². The molecule has 0 spiro atoms. The number of fused-ring (bicyclic) bond motifs is 5. The second-order valence-corrected chi connectivity index (χ2v) is 34.7. The largest absolute Gasteiger partial charge is 0.508 e. The monoisotopic (exact) mass is 1820 g/mol. The third-order valence-corrected chi connectivity index (χ3v) is 24.5. The van der Waals surface area contributed by atoms with Crippen molar-refractivity contribution >= 4 is 122 Å². The van der Waals surface area contributed by atoms with Crippen LogP contribution in [0.5, 0.6) is 5.75 Å². The second-order valence-electron chi connectivity index (χ2n) is 34.7. The fraction of sp³-hybridized carbons (Fsp3) is 0.567. The molecule has 41 nitrogen and oxygen atoms in total. The molecule has 2 aromatic heterocycles. The van der Waals surface area contributed by atoms with Crippen LogP contribution in [0.15, 0.2) is 85.2 Å². The average molecular weight is 1830 g/mol. The van der Waals surface area contributed by atoms with Crippen molar-refractivity contribution in [3.05, 3.63) is 102 Å². The fourth-order valence-corrected chi connectivity index (χ4v) is 17.5. The van der Waals surface area contributed by atoms with Gasteiger partial charge in [-0.1, -0.05) is 102 Å². The van der Waals surface area contributed by atoms with Crippen molar-refractivity contribution in [3.8, 4) is 5.75 Å². The lowest BCUT2D eigenvalue weighted by Gasteiger charge is -2.38. The molecule has 3 aromatic carbocycles. The highest BCUT2D eigenvalue weighted by Crippen LogP contribution is 2.30. The molecule has 41 heteroatoms. The van der Waals surface area contributed by atoms with Gasteiger partial charge in [0.1, 0.15) is 90.8 Å². The van der Waals surface area contributed by atoms with Gasteiger partial charge >= 0.3 is 11.9 Å². The molecule has 15 atom stereocenters. The number of H-pyrrole nitrogens is 1. The number of carboxylic acids is 2. The van der Waals surface area contributed by atoms with Gasteiger partial charge in [-0.05, 0) is 130 Å². The predicted octanol–water partition coefficient (Wildman–Crippen LogP) is -1.48. The van der Waals surface area contributed by atoms with Crippen LogP contribution in [0.2, 0.25) is 0 Å². The molecule has 131 heavy (non-hydrogen) atoms. The number of aliphatic hydroxyl groups excluding tert-OH is 1. The highest BCUT2D eigenvalue weighted by Gasteiger charge is 2.47. The molecular formula is C90H128N20O21. The van der Waals surface area contributed by atoms with Gasteiger partial charge < -0.3 is 125 Å². The molecule has 6 heterocycles. The number of nitrogens with one attached hydrogen (secondary N) is 10. The van der Waals surface area contributed by atoms with E-state index in [1.807, 2.05) is 27.7 Å². The summed E-state index contributed by atoms with van der Waals surface area (Å²) in [5.41, 5.74) is 27.0. The number of unbranched alkanes of at least 4 members (excludes halogenated alkanes) is 2. The Morgan fingerprint density at radius 1 is 0.504 bits per heavy atom. The third kappa shape index (κ3) is 27.5. The van der Waals surface area contributed by atoms with Crippen molar-refractivity contribution in [1.82, 2.24) is 81.9 Å². The first-order valence-corrected chi connectivity index (χ1v) is 45.1. The molecule has 4 saturated heterocycles. The van der Waals surface area contributed by atoms with Crippen molar-refractivity contribution < 1.29 is 102 Å². The zero-order valence-electron chi connectivity index (χ0n) is 75.0. The van der Waals surface area contributed by atoms with E-state index in [4.69, 9.17) is 22.9 Å². The zero-order chi connectivity index (χ0) is 95.6. The van der Waals surface area contributed by atoms with Crippen LogP contribution in [0.4, 0.5) is 0 Å². The zero-order valence-corrected chi connectivity index (χ0v) is 75.0. The summed E-state index contributed by atoms with van der Waals surface area (Å²) in [6.45, 7) is 5.12. The molecule has 9 rings (SSSR count). The summed E-state index contributed by atoms with van der Waals surface area (Å²) >= 11 is 0. The molecule has 4 fully saturated rings. The van der Waals surface area contributed by atoms with E-state index in [1.165, 1.54) is 58.9 Å². The van der Waals surface area contributed by atoms with Crippen LogP contribution in [0, 0.1) is 5.92 Å². The van der Waals surface area contributed by atoms with Crippen molar-refractivity contribution in [3.63, 3.8) is 0 Å². The number of aliphatic hydroxyl groups is 1. The smallest absolute Gasteiger partial charge is 0.323 e. The summed E-state index contributed by atoms with van der Waals surface area (Å²) < 4.78 is 1.45. The molecule has 22 N–H and O–H groups in total. The molecule has 0 saturated carbocycles. The Morgan fingerprint density at radius 3 is 1.69 bits per heavy atom. The summed E-state index contributed by atoms with van der Waals surface area (Å²) in [5, 5.41) is 67.1. The van der Waals surface area contributed by atoms with E-state index in [0.29, 0.717) is 77.0 Å². The van der Waals surface area contributed by atoms with E-state index >= 15 is 38.4 Å². The Bertz CT molecular complexity index is 4920. The Kier molecular flexibility index (Phi) is 37.7. The number of hydrogen-bond acceptors (Lipinski definition) is 22. The molecule has 4 aliphatic rings. The minimum absolute atomic E-state index is 0.0232. The van der Waals surface area contributed by atoms with Gasteiger partial charge in [0, 0.05) is 113 Å². The number of nitrogens with zero attached hydrogens (tertiary/aromatic N) is 6. The van der Waals surface area contributed by atoms with Crippen LogP contribution in [-0.2, 0) is 107 Å². The average Bonchev–Trinajstić information content (AvgIpc) is 1.66. The van der Waals surface area contributed by atoms with E-state index in [0.717, 1.165) is 14.7 Å². The summed E-state index contributed by atoms with van der Waals surface area (Å²) in [5.74, 6) is -16.6. The van der Waals surface area contributed by atoms with Crippen molar-refractivity contribution in [2.45, 2.75) is 266 Å². The van der Waals surface area contributed by atoms with Crippen LogP contribution in [0.3, 0.4) is 0 Å². The first kappa shape index (κ1) is 102. The first-order chi connectivity index (χ1) is 62.4. The Hall–Kier alpha value is -12.6. The van der Waals surface area contributed by atoms with Crippen LogP contribution in [0.25, 0.3) is 21.8 Å². The second kappa shape index (κ2) is 48.3. The van der Waals surface area contributed by atoms with E-state index in [-0.39, 0.29) is 115 Å². The van der Waals surface area contributed by atoms with Crippen LogP contribution < -0.4 is 70.8 Å².